The molecule has 0 spiro atoms. The molecule has 0 aliphatic heterocycles. The Bertz CT molecular complexity index is 210. The van der Waals surface area contributed by atoms with E-state index in [0.717, 1.165) is 19.3 Å². The maximum Gasteiger partial charge on any atom is 0.0611 e. The highest BCUT2D eigenvalue weighted by atomic mass is 16.3. The maximum atomic E-state index is 9.35. The molecule has 1 aliphatic carbocycles. The zero-order valence-corrected chi connectivity index (χ0v) is 11.1. The fourth-order valence-corrected chi connectivity index (χ4v) is 2.84. The van der Waals surface area contributed by atoms with Crippen molar-refractivity contribution < 1.29 is 5.11 Å². The van der Waals surface area contributed by atoms with E-state index in [-0.39, 0.29) is 12.1 Å². The molecule has 3 nitrogen and oxygen atoms in total. The molecular formula is C13H28N2O. The minimum Gasteiger partial charge on any atom is -0.394 e. The average molecular weight is 228 g/mol. The summed E-state index contributed by atoms with van der Waals surface area (Å²) in [5.74, 6) is 0. The van der Waals surface area contributed by atoms with Gasteiger partial charge in [0, 0.05) is 17.6 Å². The molecule has 16 heavy (non-hydrogen) atoms. The van der Waals surface area contributed by atoms with Crippen LogP contribution in [0.25, 0.3) is 0 Å². The van der Waals surface area contributed by atoms with Gasteiger partial charge in [0.05, 0.1) is 6.61 Å². The van der Waals surface area contributed by atoms with E-state index >= 15 is 0 Å². The zero-order valence-electron chi connectivity index (χ0n) is 11.1. The molecule has 1 rings (SSSR count). The van der Waals surface area contributed by atoms with Gasteiger partial charge >= 0.3 is 0 Å². The molecule has 1 saturated carbocycles. The van der Waals surface area contributed by atoms with Crippen LogP contribution in [0.5, 0.6) is 0 Å². The summed E-state index contributed by atoms with van der Waals surface area (Å²) >= 11 is 0. The van der Waals surface area contributed by atoms with Crippen LogP contribution in [-0.4, -0.2) is 41.3 Å². The Kier molecular flexibility index (Phi) is 5.22. The molecular weight excluding hydrogens is 200 g/mol. The molecule has 3 unspecified atom stereocenters. The van der Waals surface area contributed by atoms with Crippen molar-refractivity contribution in [2.24, 2.45) is 5.73 Å². The second kappa shape index (κ2) is 5.99. The summed E-state index contributed by atoms with van der Waals surface area (Å²) in [5, 5.41) is 9.35. The van der Waals surface area contributed by atoms with Gasteiger partial charge in [0.15, 0.2) is 0 Å². The Balaban J connectivity index is 2.52. The SMILES string of the molecule is CCCC(C)N(C)C1CCCC(N)(CO)C1. The molecule has 0 bridgehead atoms. The van der Waals surface area contributed by atoms with Crippen LogP contribution in [0.4, 0.5) is 0 Å². The van der Waals surface area contributed by atoms with Crippen molar-refractivity contribution in [2.75, 3.05) is 13.7 Å². The smallest absolute Gasteiger partial charge is 0.0611 e. The largest absolute Gasteiger partial charge is 0.394 e. The number of hydrogen-bond acceptors (Lipinski definition) is 3. The van der Waals surface area contributed by atoms with Gasteiger partial charge in [-0.05, 0) is 46.1 Å². The van der Waals surface area contributed by atoms with E-state index < -0.39 is 0 Å². The minimum absolute atomic E-state index is 0.125. The standard InChI is InChI=1S/C13H28N2O/c1-4-6-11(2)15(3)12-7-5-8-13(14,9-12)10-16/h11-12,16H,4-10,14H2,1-3H3. The van der Waals surface area contributed by atoms with Gasteiger partial charge in [0.2, 0.25) is 0 Å². The molecule has 96 valence electrons. The lowest BCUT2D eigenvalue weighted by Crippen LogP contribution is -2.53. The van der Waals surface area contributed by atoms with E-state index in [1.165, 1.54) is 19.3 Å². The lowest BCUT2D eigenvalue weighted by atomic mass is 9.79. The summed E-state index contributed by atoms with van der Waals surface area (Å²) in [7, 11) is 2.20. The summed E-state index contributed by atoms with van der Waals surface area (Å²) in [5.41, 5.74) is 5.85. The van der Waals surface area contributed by atoms with Crippen LogP contribution in [0, 0.1) is 0 Å². The molecule has 3 N–H and O–H groups in total. The van der Waals surface area contributed by atoms with Gasteiger partial charge < -0.3 is 15.7 Å². The highest BCUT2D eigenvalue weighted by Crippen LogP contribution is 2.29. The van der Waals surface area contributed by atoms with Crippen molar-refractivity contribution in [1.82, 2.24) is 4.90 Å². The maximum absolute atomic E-state index is 9.35. The Morgan fingerprint density at radius 1 is 1.56 bits per heavy atom. The van der Waals surface area contributed by atoms with Crippen molar-refractivity contribution in [3.8, 4) is 0 Å². The predicted octanol–water partition coefficient (Wildman–Crippen LogP) is 1.74. The number of aliphatic hydroxyl groups excluding tert-OH is 1. The van der Waals surface area contributed by atoms with Crippen LogP contribution in [0.2, 0.25) is 0 Å². The van der Waals surface area contributed by atoms with Gasteiger partial charge in [-0.3, -0.25) is 0 Å². The van der Waals surface area contributed by atoms with Crippen LogP contribution in [0.15, 0.2) is 0 Å². The first-order valence-electron chi connectivity index (χ1n) is 6.64. The fraction of sp³-hybridized carbons (Fsp3) is 1.00. The quantitative estimate of drug-likeness (QED) is 0.753. The highest BCUT2D eigenvalue weighted by molar-refractivity contribution is 4.94. The van der Waals surface area contributed by atoms with E-state index in [0.29, 0.717) is 12.1 Å². The molecule has 3 heteroatoms. The Labute approximate surface area is 100 Å². The van der Waals surface area contributed by atoms with Gasteiger partial charge in [-0.2, -0.15) is 0 Å². The van der Waals surface area contributed by atoms with Crippen molar-refractivity contribution in [1.29, 1.82) is 0 Å². The monoisotopic (exact) mass is 228 g/mol. The normalized spacial score (nSPS) is 33.0. The third-order valence-corrected chi connectivity index (χ3v) is 4.15. The van der Waals surface area contributed by atoms with Crippen LogP contribution >= 0.6 is 0 Å². The number of nitrogens with zero attached hydrogens (tertiary/aromatic N) is 1. The summed E-state index contributed by atoms with van der Waals surface area (Å²) < 4.78 is 0. The number of aliphatic hydroxyl groups is 1. The molecule has 0 saturated heterocycles. The van der Waals surface area contributed by atoms with Gasteiger partial charge in [-0.25, -0.2) is 0 Å². The van der Waals surface area contributed by atoms with Crippen molar-refractivity contribution in [2.45, 2.75) is 70.0 Å². The molecule has 0 radical (unpaired) electrons. The van der Waals surface area contributed by atoms with E-state index in [1.807, 2.05) is 0 Å². The average Bonchev–Trinajstić information content (AvgIpc) is 2.28. The molecule has 1 aliphatic rings. The molecule has 0 amide bonds. The molecule has 0 aromatic heterocycles. The Hall–Kier alpha value is -0.120. The second-order valence-corrected chi connectivity index (χ2v) is 5.57. The molecule has 1 fully saturated rings. The van der Waals surface area contributed by atoms with Crippen molar-refractivity contribution in [3.63, 3.8) is 0 Å². The topological polar surface area (TPSA) is 49.5 Å². The molecule has 3 atom stereocenters. The van der Waals surface area contributed by atoms with Gasteiger partial charge in [0.1, 0.15) is 0 Å². The number of hydrogen-bond donors (Lipinski definition) is 2. The fourth-order valence-electron chi connectivity index (χ4n) is 2.84. The van der Waals surface area contributed by atoms with E-state index in [1.54, 1.807) is 0 Å². The summed E-state index contributed by atoms with van der Waals surface area (Å²) in [6.45, 7) is 4.64. The predicted molar refractivity (Wildman–Crippen MR) is 68.4 cm³/mol. The van der Waals surface area contributed by atoms with E-state index in [2.05, 4.69) is 25.8 Å². The van der Waals surface area contributed by atoms with Crippen molar-refractivity contribution >= 4 is 0 Å². The van der Waals surface area contributed by atoms with E-state index in [4.69, 9.17) is 5.73 Å². The first-order valence-corrected chi connectivity index (χ1v) is 6.64. The number of rotatable bonds is 5. The third kappa shape index (κ3) is 3.44. The lowest BCUT2D eigenvalue weighted by Gasteiger charge is -2.42. The number of nitrogens with two attached hydrogens (primary N) is 1. The molecule has 0 aromatic rings. The van der Waals surface area contributed by atoms with Crippen LogP contribution in [0.3, 0.4) is 0 Å². The van der Waals surface area contributed by atoms with Crippen molar-refractivity contribution in [3.05, 3.63) is 0 Å². The second-order valence-electron chi connectivity index (χ2n) is 5.57. The summed E-state index contributed by atoms with van der Waals surface area (Å²) in [4.78, 5) is 2.46. The molecule has 0 heterocycles. The first kappa shape index (κ1) is 13.9. The lowest BCUT2D eigenvalue weighted by molar-refractivity contribution is 0.0741. The Morgan fingerprint density at radius 3 is 2.81 bits per heavy atom. The van der Waals surface area contributed by atoms with Gasteiger partial charge in [-0.15, -0.1) is 0 Å². The van der Waals surface area contributed by atoms with Crippen LogP contribution < -0.4 is 5.73 Å². The zero-order chi connectivity index (χ0) is 12.2. The Morgan fingerprint density at radius 2 is 2.25 bits per heavy atom. The first-order chi connectivity index (χ1) is 7.52. The van der Waals surface area contributed by atoms with Crippen LogP contribution in [-0.2, 0) is 0 Å². The highest BCUT2D eigenvalue weighted by Gasteiger charge is 2.34. The molecule has 0 aromatic carbocycles. The summed E-state index contributed by atoms with van der Waals surface area (Å²) in [6, 6.07) is 1.17. The third-order valence-electron chi connectivity index (χ3n) is 4.15. The van der Waals surface area contributed by atoms with Gasteiger partial charge in [0.25, 0.3) is 0 Å². The van der Waals surface area contributed by atoms with Crippen LogP contribution in [0.1, 0.15) is 52.4 Å². The van der Waals surface area contributed by atoms with Gasteiger partial charge in [-0.1, -0.05) is 13.3 Å². The summed E-state index contributed by atoms with van der Waals surface area (Å²) in [6.07, 6.45) is 6.74. The minimum atomic E-state index is -0.330. The van der Waals surface area contributed by atoms with E-state index in [9.17, 15) is 5.11 Å².